The van der Waals surface area contributed by atoms with E-state index in [0.717, 1.165) is 12.0 Å². The lowest BCUT2D eigenvalue weighted by Gasteiger charge is -2.29. The van der Waals surface area contributed by atoms with Crippen LogP contribution in [0.3, 0.4) is 0 Å². The number of hydrogen-bond acceptors (Lipinski definition) is 4. The van der Waals surface area contributed by atoms with Gasteiger partial charge in [0.1, 0.15) is 5.78 Å². The molecule has 0 aliphatic heterocycles. The van der Waals surface area contributed by atoms with Crippen LogP contribution in [0.15, 0.2) is 23.0 Å². The zero-order chi connectivity index (χ0) is 13.9. The van der Waals surface area contributed by atoms with Crippen LogP contribution in [-0.4, -0.2) is 18.4 Å². The normalized spacial score (nSPS) is 26.6. The molecule has 0 N–H and O–H groups in total. The van der Waals surface area contributed by atoms with Crippen LogP contribution in [0.5, 0.6) is 0 Å². The first kappa shape index (κ1) is 13.8. The molecule has 4 heteroatoms. The minimum Gasteiger partial charge on any atom is -0.472 e. The molecule has 0 unspecified atom stereocenters. The Morgan fingerprint density at radius 1 is 1.58 bits per heavy atom. The molecule has 2 atom stereocenters. The Morgan fingerprint density at radius 2 is 2.37 bits per heavy atom. The van der Waals surface area contributed by atoms with Crippen molar-refractivity contribution in [3.05, 3.63) is 24.2 Å². The number of carbonyl (C=O) groups is 2. The van der Waals surface area contributed by atoms with Crippen molar-refractivity contribution in [3.63, 3.8) is 0 Å². The lowest BCUT2D eigenvalue weighted by atomic mass is 9.73. The van der Waals surface area contributed by atoms with Crippen molar-refractivity contribution in [3.8, 4) is 0 Å². The van der Waals surface area contributed by atoms with Crippen LogP contribution >= 0.6 is 0 Å². The van der Waals surface area contributed by atoms with Gasteiger partial charge in [0.15, 0.2) is 0 Å². The molecule has 1 fully saturated rings. The Morgan fingerprint density at radius 3 is 3.00 bits per heavy atom. The predicted octanol–water partition coefficient (Wildman–Crippen LogP) is 3.08. The highest BCUT2D eigenvalue weighted by Crippen LogP contribution is 2.49. The molecule has 1 aromatic heterocycles. The molecule has 1 heterocycles. The van der Waals surface area contributed by atoms with E-state index in [1.54, 1.807) is 19.5 Å². The zero-order valence-electron chi connectivity index (χ0n) is 11.5. The standard InChI is InChI=1S/C15H20O4/c1-3-19-14(17)6-8-15(2)12(4-5-13(15)16)11-7-9-18-10-11/h7,9-10,12H,3-6,8H2,1-2H3/t12-,15-/m1/s1. The van der Waals surface area contributed by atoms with Crippen molar-refractivity contribution in [1.82, 2.24) is 0 Å². The van der Waals surface area contributed by atoms with Crippen LogP contribution in [0.1, 0.15) is 51.0 Å². The molecule has 4 nitrogen and oxygen atoms in total. The van der Waals surface area contributed by atoms with E-state index in [0.29, 0.717) is 25.9 Å². The molecule has 1 aromatic rings. The van der Waals surface area contributed by atoms with E-state index in [-0.39, 0.29) is 17.7 Å². The van der Waals surface area contributed by atoms with E-state index in [4.69, 9.17) is 9.15 Å². The van der Waals surface area contributed by atoms with Gasteiger partial charge in [0.2, 0.25) is 0 Å². The van der Waals surface area contributed by atoms with Gasteiger partial charge < -0.3 is 9.15 Å². The summed E-state index contributed by atoms with van der Waals surface area (Å²) in [6.45, 7) is 4.13. The average molecular weight is 264 g/mol. The Kier molecular flexibility index (Phi) is 4.08. The molecule has 0 spiro atoms. The van der Waals surface area contributed by atoms with Crippen molar-refractivity contribution in [2.45, 2.75) is 45.4 Å². The molecule has 19 heavy (non-hydrogen) atoms. The summed E-state index contributed by atoms with van der Waals surface area (Å²) in [5, 5.41) is 0. The predicted molar refractivity (Wildman–Crippen MR) is 69.7 cm³/mol. The van der Waals surface area contributed by atoms with E-state index < -0.39 is 5.41 Å². The third kappa shape index (κ3) is 2.72. The number of rotatable bonds is 5. The van der Waals surface area contributed by atoms with Crippen LogP contribution in [0, 0.1) is 5.41 Å². The zero-order valence-corrected chi connectivity index (χ0v) is 11.5. The third-order valence-corrected chi connectivity index (χ3v) is 4.17. The summed E-state index contributed by atoms with van der Waals surface area (Å²) < 4.78 is 10.1. The van der Waals surface area contributed by atoms with E-state index >= 15 is 0 Å². The SMILES string of the molecule is CCOC(=O)CC[C@@]1(C)C(=O)CC[C@@H]1c1ccoc1. The first-order valence-electron chi connectivity index (χ1n) is 6.79. The Labute approximate surface area is 113 Å². The number of esters is 1. The van der Waals surface area contributed by atoms with Crippen molar-refractivity contribution in [2.24, 2.45) is 5.41 Å². The molecule has 104 valence electrons. The monoisotopic (exact) mass is 264 g/mol. The number of furan rings is 1. The summed E-state index contributed by atoms with van der Waals surface area (Å²) in [7, 11) is 0. The van der Waals surface area contributed by atoms with Crippen LogP contribution in [-0.2, 0) is 14.3 Å². The van der Waals surface area contributed by atoms with E-state index in [9.17, 15) is 9.59 Å². The van der Waals surface area contributed by atoms with Crippen molar-refractivity contribution in [2.75, 3.05) is 6.61 Å². The van der Waals surface area contributed by atoms with Gasteiger partial charge in [-0.15, -0.1) is 0 Å². The fourth-order valence-electron chi connectivity index (χ4n) is 2.99. The van der Waals surface area contributed by atoms with E-state index in [1.807, 2.05) is 13.0 Å². The second kappa shape index (κ2) is 5.59. The molecule has 0 amide bonds. The Bertz CT molecular complexity index is 449. The van der Waals surface area contributed by atoms with Crippen molar-refractivity contribution >= 4 is 11.8 Å². The summed E-state index contributed by atoms with van der Waals surface area (Å²) >= 11 is 0. The smallest absolute Gasteiger partial charge is 0.305 e. The number of hydrogen-bond donors (Lipinski definition) is 0. The maximum absolute atomic E-state index is 12.2. The largest absolute Gasteiger partial charge is 0.472 e. The molecule has 2 rings (SSSR count). The van der Waals surface area contributed by atoms with E-state index in [2.05, 4.69) is 0 Å². The maximum atomic E-state index is 12.2. The number of carbonyl (C=O) groups excluding carboxylic acids is 2. The van der Waals surface area contributed by atoms with Gasteiger partial charge >= 0.3 is 5.97 Å². The fraction of sp³-hybridized carbons (Fsp3) is 0.600. The number of ether oxygens (including phenoxy) is 1. The topological polar surface area (TPSA) is 56.5 Å². The summed E-state index contributed by atoms with van der Waals surface area (Å²) in [4.78, 5) is 23.7. The molecule has 0 radical (unpaired) electrons. The summed E-state index contributed by atoms with van der Waals surface area (Å²) in [6, 6.07) is 1.91. The third-order valence-electron chi connectivity index (χ3n) is 4.17. The fourth-order valence-corrected chi connectivity index (χ4v) is 2.99. The summed E-state index contributed by atoms with van der Waals surface area (Å²) in [5.41, 5.74) is 0.577. The lowest BCUT2D eigenvalue weighted by Crippen LogP contribution is -2.28. The maximum Gasteiger partial charge on any atom is 0.305 e. The van der Waals surface area contributed by atoms with Crippen LogP contribution in [0.2, 0.25) is 0 Å². The summed E-state index contributed by atoms with van der Waals surface area (Å²) in [5.74, 6) is 0.158. The number of ketones is 1. The van der Waals surface area contributed by atoms with Gasteiger partial charge in [-0.05, 0) is 37.3 Å². The molecule has 0 bridgehead atoms. The van der Waals surface area contributed by atoms with Gasteiger partial charge in [-0.25, -0.2) is 0 Å². The van der Waals surface area contributed by atoms with Gasteiger partial charge in [0.05, 0.1) is 19.1 Å². The quantitative estimate of drug-likeness (QED) is 0.767. The second-order valence-electron chi connectivity index (χ2n) is 5.29. The molecule has 0 saturated heterocycles. The van der Waals surface area contributed by atoms with Crippen LogP contribution in [0.25, 0.3) is 0 Å². The molecule has 0 aromatic carbocycles. The molecular weight excluding hydrogens is 244 g/mol. The molecule has 1 aliphatic carbocycles. The highest BCUT2D eigenvalue weighted by molar-refractivity contribution is 5.88. The van der Waals surface area contributed by atoms with E-state index in [1.165, 1.54) is 0 Å². The first-order valence-corrected chi connectivity index (χ1v) is 6.79. The average Bonchev–Trinajstić information content (AvgIpc) is 2.98. The Balaban J connectivity index is 2.09. The highest BCUT2D eigenvalue weighted by Gasteiger charge is 2.46. The molecule has 1 saturated carbocycles. The van der Waals surface area contributed by atoms with Crippen molar-refractivity contribution in [1.29, 1.82) is 0 Å². The summed E-state index contributed by atoms with van der Waals surface area (Å²) in [6.07, 6.45) is 5.58. The molecule has 1 aliphatic rings. The van der Waals surface area contributed by atoms with Crippen LogP contribution < -0.4 is 0 Å². The lowest BCUT2D eigenvalue weighted by molar-refractivity contribution is -0.144. The van der Waals surface area contributed by atoms with Gasteiger partial charge in [-0.3, -0.25) is 9.59 Å². The van der Waals surface area contributed by atoms with Gasteiger partial charge in [0, 0.05) is 18.3 Å². The highest BCUT2D eigenvalue weighted by atomic mass is 16.5. The first-order chi connectivity index (χ1) is 9.08. The van der Waals surface area contributed by atoms with Gasteiger partial charge in [0.25, 0.3) is 0 Å². The van der Waals surface area contributed by atoms with Crippen molar-refractivity contribution < 1.29 is 18.7 Å². The minimum absolute atomic E-state index is 0.146. The minimum atomic E-state index is -0.476. The van der Waals surface area contributed by atoms with Gasteiger partial charge in [-0.1, -0.05) is 6.92 Å². The molecular formula is C15H20O4. The van der Waals surface area contributed by atoms with Gasteiger partial charge in [-0.2, -0.15) is 0 Å². The second-order valence-corrected chi connectivity index (χ2v) is 5.29. The van der Waals surface area contributed by atoms with Crippen LogP contribution in [0.4, 0.5) is 0 Å². The Hall–Kier alpha value is -1.58. The number of Topliss-reactive ketones (excluding diaryl/α,β-unsaturated/α-hetero) is 1.